The van der Waals surface area contributed by atoms with E-state index in [9.17, 15) is 9.59 Å². The van der Waals surface area contributed by atoms with Gasteiger partial charge in [-0.1, -0.05) is 24.3 Å². The molecule has 5 heteroatoms. The molecule has 3 aromatic rings. The number of hydrogen-bond donors (Lipinski definition) is 1. The Morgan fingerprint density at radius 2 is 1.96 bits per heavy atom. The Kier molecular flexibility index (Phi) is 3.48. The van der Waals surface area contributed by atoms with Crippen LogP contribution in [0.2, 0.25) is 0 Å². The summed E-state index contributed by atoms with van der Waals surface area (Å²) in [4.78, 5) is 30.3. The SMILES string of the molecule is O=C(Cc1c[nH]c2ccccc12)N1C[C@@H]2C[C@H](C1)c1cccc(=O)n1C2. The van der Waals surface area contributed by atoms with Crippen molar-refractivity contribution in [3.63, 3.8) is 0 Å². The predicted molar refractivity (Wildman–Crippen MR) is 100 cm³/mol. The molecule has 132 valence electrons. The van der Waals surface area contributed by atoms with E-state index >= 15 is 0 Å². The third-order valence-electron chi connectivity index (χ3n) is 5.85. The number of piperidine rings is 1. The lowest BCUT2D eigenvalue weighted by Crippen LogP contribution is -2.49. The summed E-state index contributed by atoms with van der Waals surface area (Å²) in [6.07, 6.45) is 3.44. The molecule has 1 amide bonds. The molecule has 0 spiro atoms. The number of carbonyl (C=O) groups excluding carboxylic acids is 1. The van der Waals surface area contributed by atoms with Gasteiger partial charge in [-0.05, 0) is 30.0 Å². The molecule has 2 aliphatic heterocycles. The lowest BCUT2D eigenvalue weighted by Gasteiger charge is -2.42. The standard InChI is InChI=1S/C21H21N3O2/c25-20-7-3-6-19-16-8-14(12-24(19)20)11-23(13-16)21(26)9-15-10-22-18-5-2-1-4-17(15)18/h1-7,10,14,16,22H,8-9,11-13H2/t14-,16+/m0/s1. The Bertz CT molecular complexity index is 1050. The number of benzene rings is 1. The van der Waals surface area contributed by atoms with Gasteiger partial charge in [-0.2, -0.15) is 0 Å². The number of nitrogens with one attached hydrogen (secondary N) is 1. The Labute approximate surface area is 151 Å². The fourth-order valence-corrected chi connectivity index (χ4v) is 4.65. The average molecular weight is 347 g/mol. The van der Waals surface area contributed by atoms with E-state index < -0.39 is 0 Å². The normalized spacial score (nSPS) is 21.6. The first-order valence-corrected chi connectivity index (χ1v) is 9.21. The quantitative estimate of drug-likeness (QED) is 0.774. The minimum Gasteiger partial charge on any atom is -0.361 e. The van der Waals surface area contributed by atoms with Gasteiger partial charge in [0.15, 0.2) is 0 Å². The molecular formula is C21H21N3O2. The van der Waals surface area contributed by atoms with Crippen LogP contribution in [0.4, 0.5) is 0 Å². The van der Waals surface area contributed by atoms with Crippen LogP contribution in [0.25, 0.3) is 10.9 Å². The molecule has 0 saturated carbocycles. The van der Waals surface area contributed by atoms with Gasteiger partial charge in [0, 0.05) is 54.4 Å². The minimum absolute atomic E-state index is 0.0794. The highest BCUT2D eigenvalue weighted by atomic mass is 16.2. The van der Waals surface area contributed by atoms with Crippen molar-refractivity contribution in [2.75, 3.05) is 13.1 Å². The highest BCUT2D eigenvalue weighted by Crippen LogP contribution is 2.35. The van der Waals surface area contributed by atoms with Crippen LogP contribution in [0.1, 0.15) is 23.6 Å². The third kappa shape index (κ3) is 2.46. The van der Waals surface area contributed by atoms with Gasteiger partial charge in [-0.3, -0.25) is 9.59 Å². The molecular weight excluding hydrogens is 326 g/mol. The lowest BCUT2D eigenvalue weighted by molar-refractivity contribution is -0.133. The van der Waals surface area contributed by atoms with Crippen LogP contribution < -0.4 is 5.56 Å². The number of pyridine rings is 1. The largest absolute Gasteiger partial charge is 0.361 e. The average Bonchev–Trinajstić information content (AvgIpc) is 3.05. The Morgan fingerprint density at radius 3 is 2.88 bits per heavy atom. The monoisotopic (exact) mass is 347 g/mol. The number of amides is 1. The van der Waals surface area contributed by atoms with Crippen LogP contribution in [0.5, 0.6) is 0 Å². The van der Waals surface area contributed by atoms with Gasteiger partial charge in [-0.25, -0.2) is 0 Å². The van der Waals surface area contributed by atoms with E-state index in [1.807, 2.05) is 46.0 Å². The van der Waals surface area contributed by atoms with E-state index in [4.69, 9.17) is 0 Å². The molecule has 0 unspecified atom stereocenters. The Morgan fingerprint density at radius 1 is 1.08 bits per heavy atom. The van der Waals surface area contributed by atoms with Crippen molar-refractivity contribution in [1.82, 2.24) is 14.5 Å². The fraction of sp³-hybridized carbons (Fsp3) is 0.333. The number of aromatic nitrogens is 2. The van der Waals surface area contributed by atoms with Crippen molar-refractivity contribution in [2.24, 2.45) is 5.92 Å². The number of likely N-dealkylation sites (tertiary alicyclic amines) is 1. The molecule has 1 N–H and O–H groups in total. The molecule has 5 nitrogen and oxygen atoms in total. The highest BCUT2D eigenvalue weighted by Gasteiger charge is 2.36. The first-order valence-electron chi connectivity index (χ1n) is 9.21. The molecule has 1 aromatic carbocycles. The van der Waals surface area contributed by atoms with Crippen molar-refractivity contribution in [3.05, 3.63) is 70.3 Å². The van der Waals surface area contributed by atoms with E-state index in [2.05, 4.69) is 11.1 Å². The molecule has 26 heavy (non-hydrogen) atoms. The molecule has 1 saturated heterocycles. The number of fused-ring (bicyclic) bond motifs is 5. The first kappa shape index (κ1) is 15.4. The molecule has 5 rings (SSSR count). The summed E-state index contributed by atoms with van der Waals surface area (Å²) >= 11 is 0. The third-order valence-corrected chi connectivity index (χ3v) is 5.85. The Balaban J connectivity index is 1.39. The van der Waals surface area contributed by atoms with E-state index in [0.29, 0.717) is 18.9 Å². The second kappa shape index (κ2) is 5.87. The van der Waals surface area contributed by atoms with Crippen molar-refractivity contribution in [3.8, 4) is 0 Å². The summed E-state index contributed by atoms with van der Waals surface area (Å²) in [5.74, 6) is 0.813. The van der Waals surface area contributed by atoms with Gasteiger partial charge < -0.3 is 14.5 Å². The molecule has 0 aliphatic carbocycles. The maximum Gasteiger partial charge on any atom is 0.250 e. The smallest absolute Gasteiger partial charge is 0.250 e. The number of H-pyrrole nitrogens is 1. The van der Waals surface area contributed by atoms with E-state index in [1.165, 1.54) is 0 Å². The van der Waals surface area contributed by atoms with Gasteiger partial charge >= 0.3 is 0 Å². The van der Waals surface area contributed by atoms with Crippen molar-refractivity contribution < 1.29 is 4.79 Å². The molecule has 0 radical (unpaired) electrons. The topological polar surface area (TPSA) is 58.1 Å². The van der Waals surface area contributed by atoms with Gasteiger partial charge in [-0.15, -0.1) is 0 Å². The summed E-state index contributed by atoms with van der Waals surface area (Å²) in [6, 6.07) is 13.6. The second-order valence-corrected chi connectivity index (χ2v) is 7.53. The van der Waals surface area contributed by atoms with Crippen molar-refractivity contribution in [2.45, 2.75) is 25.3 Å². The maximum atomic E-state index is 13.0. The predicted octanol–water partition coefficient (Wildman–Crippen LogP) is 2.52. The number of aromatic amines is 1. The van der Waals surface area contributed by atoms with Crippen molar-refractivity contribution in [1.29, 1.82) is 0 Å². The van der Waals surface area contributed by atoms with Crippen LogP contribution in [0.15, 0.2) is 53.5 Å². The zero-order valence-corrected chi connectivity index (χ0v) is 14.5. The van der Waals surface area contributed by atoms with E-state index in [1.54, 1.807) is 6.07 Å². The molecule has 2 aromatic heterocycles. The second-order valence-electron chi connectivity index (χ2n) is 7.53. The number of hydrogen-bond acceptors (Lipinski definition) is 2. The molecule has 1 fully saturated rings. The zero-order chi connectivity index (χ0) is 17.7. The summed E-state index contributed by atoms with van der Waals surface area (Å²) in [5, 5.41) is 1.12. The highest BCUT2D eigenvalue weighted by molar-refractivity contribution is 5.89. The van der Waals surface area contributed by atoms with E-state index in [0.717, 1.165) is 41.7 Å². The molecule has 4 heterocycles. The Hall–Kier alpha value is -2.82. The van der Waals surface area contributed by atoms with Crippen molar-refractivity contribution >= 4 is 16.8 Å². The summed E-state index contributed by atoms with van der Waals surface area (Å²) in [6.45, 7) is 2.18. The maximum absolute atomic E-state index is 13.0. The van der Waals surface area contributed by atoms with Crippen LogP contribution in [-0.4, -0.2) is 33.4 Å². The molecule has 2 aliphatic rings. The van der Waals surface area contributed by atoms with Crippen LogP contribution in [-0.2, 0) is 17.8 Å². The number of rotatable bonds is 2. The van der Waals surface area contributed by atoms with Crippen LogP contribution >= 0.6 is 0 Å². The number of carbonyl (C=O) groups is 1. The fourth-order valence-electron chi connectivity index (χ4n) is 4.65. The molecule has 2 atom stereocenters. The van der Waals surface area contributed by atoms with Gasteiger partial charge in [0.25, 0.3) is 5.56 Å². The van der Waals surface area contributed by atoms with Gasteiger partial charge in [0.2, 0.25) is 5.91 Å². The zero-order valence-electron chi connectivity index (χ0n) is 14.5. The summed E-state index contributed by atoms with van der Waals surface area (Å²) in [5.41, 5.74) is 3.28. The summed E-state index contributed by atoms with van der Waals surface area (Å²) < 4.78 is 1.90. The first-order chi connectivity index (χ1) is 12.7. The lowest BCUT2D eigenvalue weighted by atomic mass is 9.83. The van der Waals surface area contributed by atoms with Crippen LogP contribution in [0, 0.1) is 5.92 Å². The minimum atomic E-state index is 0.0794. The summed E-state index contributed by atoms with van der Waals surface area (Å²) in [7, 11) is 0. The number of nitrogens with zero attached hydrogens (tertiary/aromatic N) is 2. The van der Waals surface area contributed by atoms with Gasteiger partial charge in [0.1, 0.15) is 0 Å². The van der Waals surface area contributed by atoms with E-state index in [-0.39, 0.29) is 17.4 Å². The van der Waals surface area contributed by atoms with Crippen LogP contribution in [0.3, 0.4) is 0 Å². The number of para-hydroxylation sites is 1. The van der Waals surface area contributed by atoms with Gasteiger partial charge in [0.05, 0.1) is 6.42 Å². The molecule has 2 bridgehead atoms.